The Morgan fingerprint density at radius 2 is 1.85 bits per heavy atom. The first-order valence-electron chi connectivity index (χ1n) is 9.42. The van der Waals surface area contributed by atoms with E-state index in [9.17, 15) is 10.1 Å². The van der Waals surface area contributed by atoms with E-state index in [-0.39, 0.29) is 24.2 Å². The normalized spacial score (nSPS) is 23.7. The van der Waals surface area contributed by atoms with Crippen LogP contribution in [0, 0.1) is 11.3 Å². The van der Waals surface area contributed by atoms with Crippen molar-refractivity contribution < 1.29 is 9.53 Å². The SMILES string of the molecule is C[C@@H]1CN(c2nc3ccccc3nc2[C@H](C#N)C(=O)NC2CC2)C[C@H](C)O1. The number of hydrogen-bond acceptors (Lipinski definition) is 6. The molecule has 1 saturated carbocycles. The van der Waals surface area contributed by atoms with Crippen LogP contribution in [0.5, 0.6) is 0 Å². The first-order chi connectivity index (χ1) is 13.0. The standard InChI is InChI=1S/C20H23N5O2/c1-12-10-25(11-13(2)27-12)19-18(15(9-21)20(26)22-14-7-8-14)23-16-5-3-4-6-17(16)24-19/h3-6,12-15H,7-8,10-11H2,1-2H3,(H,22,26)/t12-,13+,15-/m0/s1. The van der Waals surface area contributed by atoms with Gasteiger partial charge in [0.05, 0.1) is 29.3 Å². The average molecular weight is 365 g/mol. The third-order valence-corrected chi connectivity index (χ3v) is 4.89. The van der Waals surface area contributed by atoms with E-state index in [0.717, 1.165) is 18.4 Å². The van der Waals surface area contributed by atoms with Crippen molar-refractivity contribution in [2.75, 3.05) is 18.0 Å². The van der Waals surface area contributed by atoms with Crippen LogP contribution in [0.3, 0.4) is 0 Å². The number of fused-ring (bicyclic) bond motifs is 1. The lowest BCUT2D eigenvalue weighted by molar-refractivity contribution is -0.121. The van der Waals surface area contributed by atoms with E-state index < -0.39 is 5.92 Å². The highest BCUT2D eigenvalue weighted by Gasteiger charge is 2.34. The number of anilines is 1. The minimum atomic E-state index is -0.980. The predicted molar refractivity (Wildman–Crippen MR) is 101 cm³/mol. The third kappa shape index (κ3) is 3.71. The second kappa shape index (κ2) is 7.12. The van der Waals surface area contributed by atoms with Crippen LogP contribution < -0.4 is 10.2 Å². The fourth-order valence-corrected chi connectivity index (χ4v) is 3.54. The van der Waals surface area contributed by atoms with Crippen molar-refractivity contribution in [3.8, 4) is 6.07 Å². The number of carbonyl (C=O) groups is 1. The molecule has 2 aliphatic rings. The van der Waals surface area contributed by atoms with Gasteiger partial charge in [-0.05, 0) is 38.8 Å². The molecule has 140 valence electrons. The van der Waals surface area contributed by atoms with Crippen molar-refractivity contribution in [1.29, 1.82) is 5.26 Å². The highest BCUT2D eigenvalue weighted by molar-refractivity contribution is 5.89. The van der Waals surface area contributed by atoms with Gasteiger partial charge in [-0.2, -0.15) is 5.26 Å². The number of nitrogens with zero attached hydrogens (tertiary/aromatic N) is 4. The molecule has 2 heterocycles. The van der Waals surface area contributed by atoms with E-state index in [0.29, 0.717) is 30.1 Å². The first kappa shape index (κ1) is 17.7. The van der Waals surface area contributed by atoms with Gasteiger partial charge in [0.1, 0.15) is 5.69 Å². The highest BCUT2D eigenvalue weighted by atomic mass is 16.5. The zero-order chi connectivity index (χ0) is 19.0. The summed E-state index contributed by atoms with van der Waals surface area (Å²) in [4.78, 5) is 24.2. The fourth-order valence-electron chi connectivity index (χ4n) is 3.54. The average Bonchev–Trinajstić information content (AvgIpc) is 3.45. The quantitative estimate of drug-likeness (QED) is 0.892. The van der Waals surface area contributed by atoms with E-state index >= 15 is 0 Å². The molecule has 1 aliphatic carbocycles. The van der Waals surface area contributed by atoms with Crippen molar-refractivity contribution in [3.05, 3.63) is 30.0 Å². The monoisotopic (exact) mass is 365 g/mol. The molecule has 1 aromatic heterocycles. The number of aromatic nitrogens is 2. The maximum atomic E-state index is 12.7. The fraction of sp³-hybridized carbons (Fsp3) is 0.500. The Hall–Kier alpha value is -2.72. The Morgan fingerprint density at radius 3 is 2.44 bits per heavy atom. The second-order valence-electron chi connectivity index (χ2n) is 7.43. The molecule has 1 aliphatic heterocycles. The van der Waals surface area contributed by atoms with Crippen LogP contribution in [0.4, 0.5) is 5.82 Å². The van der Waals surface area contributed by atoms with Gasteiger partial charge in [0.2, 0.25) is 5.91 Å². The zero-order valence-electron chi connectivity index (χ0n) is 15.6. The Bertz CT molecular complexity index is 895. The summed E-state index contributed by atoms with van der Waals surface area (Å²) in [5, 5.41) is 12.7. The van der Waals surface area contributed by atoms with Crippen LogP contribution in [0.1, 0.15) is 38.3 Å². The minimum Gasteiger partial charge on any atom is -0.372 e. The molecule has 1 N–H and O–H groups in total. The first-order valence-corrected chi connectivity index (χ1v) is 9.42. The highest BCUT2D eigenvalue weighted by Crippen LogP contribution is 2.30. The van der Waals surface area contributed by atoms with E-state index in [4.69, 9.17) is 14.7 Å². The summed E-state index contributed by atoms with van der Waals surface area (Å²) in [6.45, 7) is 5.32. The van der Waals surface area contributed by atoms with Crippen LogP contribution in [0.25, 0.3) is 11.0 Å². The maximum absolute atomic E-state index is 12.7. The number of benzene rings is 1. The smallest absolute Gasteiger partial charge is 0.243 e. The van der Waals surface area contributed by atoms with Crippen molar-refractivity contribution in [2.24, 2.45) is 0 Å². The van der Waals surface area contributed by atoms with Crippen LogP contribution in [-0.2, 0) is 9.53 Å². The van der Waals surface area contributed by atoms with Crippen molar-refractivity contribution in [2.45, 2.75) is 50.9 Å². The number of nitrogens with one attached hydrogen (secondary N) is 1. The van der Waals surface area contributed by atoms with Crippen LogP contribution >= 0.6 is 0 Å². The number of carbonyl (C=O) groups excluding carboxylic acids is 1. The van der Waals surface area contributed by atoms with E-state index in [1.807, 2.05) is 38.1 Å². The van der Waals surface area contributed by atoms with Crippen LogP contribution in [-0.4, -0.2) is 47.2 Å². The summed E-state index contributed by atoms with van der Waals surface area (Å²) < 4.78 is 5.83. The van der Waals surface area contributed by atoms with E-state index in [2.05, 4.69) is 16.3 Å². The molecular weight excluding hydrogens is 342 g/mol. The molecule has 1 aromatic carbocycles. The van der Waals surface area contributed by atoms with Gasteiger partial charge >= 0.3 is 0 Å². The molecule has 7 nitrogen and oxygen atoms in total. The van der Waals surface area contributed by atoms with Gasteiger partial charge in [-0.15, -0.1) is 0 Å². The van der Waals surface area contributed by atoms with Gasteiger partial charge < -0.3 is 15.0 Å². The number of ether oxygens (including phenoxy) is 1. The summed E-state index contributed by atoms with van der Waals surface area (Å²) in [7, 11) is 0. The summed E-state index contributed by atoms with van der Waals surface area (Å²) >= 11 is 0. The van der Waals surface area contributed by atoms with Gasteiger partial charge in [0.15, 0.2) is 11.7 Å². The third-order valence-electron chi connectivity index (χ3n) is 4.89. The Morgan fingerprint density at radius 1 is 1.22 bits per heavy atom. The Kier molecular flexibility index (Phi) is 4.66. The number of amides is 1. The molecule has 0 unspecified atom stereocenters. The molecule has 27 heavy (non-hydrogen) atoms. The molecular formula is C20H23N5O2. The van der Waals surface area contributed by atoms with Gasteiger partial charge in [-0.25, -0.2) is 9.97 Å². The van der Waals surface area contributed by atoms with Gasteiger partial charge in [0, 0.05) is 19.1 Å². The lowest BCUT2D eigenvalue weighted by Crippen LogP contribution is -2.46. The van der Waals surface area contributed by atoms with Gasteiger partial charge in [0.25, 0.3) is 0 Å². The molecule has 2 fully saturated rings. The molecule has 0 radical (unpaired) electrons. The molecule has 3 atom stereocenters. The summed E-state index contributed by atoms with van der Waals surface area (Å²) in [5.74, 6) is -0.667. The molecule has 1 amide bonds. The largest absolute Gasteiger partial charge is 0.372 e. The van der Waals surface area contributed by atoms with Crippen molar-refractivity contribution in [1.82, 2.24) is 15.3 Å². The number of rotatable bonds is 4. The molecule has 1 saturated heterocycles. The van der Waals surface area contributed by atoms with E-state index in [1.54, 1.807) is 0 Å². The predicted octanol–water partition coefficient (Wildman–Crippen LogP) is 2.13. The molecule has 2 aromatic rings. The van der Waals surface area contributed by atoms with Crippen molar-refractivity contribution in [3.63, 3.8) is 0 Å². The van der Waals surface area contributed by atoms with Gasteiger partial charge in [-0.3, -0.25) is 4.79 Å². The number of para-hydroxylation sites is 2. The van der Waals surface area contributed by atoms with Gasteiger partial charge in [-0.1, -0.05) is 12.1 Å². The minimum absolute atomic E-state index is 0.0377. The van der Waals surface area contributed by atoms with Crippen molar-refractivity contribution >= 4 is 22.8 Å². The Balaban J connectivity index is 1.78. The van der Waals surface area contributed by atoms with Crippen LogP contribution in [0.2, 0.25) is 0 Å². The molecule has 4 rings (SSSR count). The lowest BCUT2D eigenvalue weighted by atomic mass is 10.0. The summed E-state index contributed by atoms with van der Waals surface area (Å²) in [5.41, 5.74) is 1.86. The topological polar surface area (TPSA) is 91.1 Å². The maximum Gasteiger partial charge on any atom is 0.243 e. The Labute approximate surface area is 158 Å². The summed E-state index contributed by atoms with van der Waals surface area (Å²) in [6, 6.07) is 9.88. The van der Waals surface area contributed by atoms with E-state index in [1.165, 1.54) is 0 Å². The summed E-state index contributed by atoms with van der Waals surface area (Å²) in [6.07, 6.45) is 2.02. The van der Waals surface area contributed by atoms with Crippen LogP contribution in [0.15, 0.2) is 24.3 Å². The molecule has 0 bridgehead atoms. The molecule has 0 spiro atoms. The lowest BCUT2D eigenvalue weighted by Gasteiger charge is -2.37. The zero-order valence-corrected chi connectivity index (χ0v) is 15.6. The number of hydrogen-bond donors (Lipinski definition) is 1. The molecule has 7 heteroatoms. The number of nitriles is 1. The number of morpholine rings is 1. The second-order valence-corrected chi connectivity index (χ2v) is 7.43.